The second-order valence-corrected chi connectivity index (χ2v) is 7.58. The van der Waals surface area contributed by atoms with Crippen molar-refractivity contribution in [2.24, 2.45) is 5.92 Å². The van der Waals surface area contributed by atoms with Gasteiger partial charge in [0.15, 0.2) is 0 Å². The molecule has 1 heterocycles. The largest absolute Gasteiger partial charge is 0.493 e. The van der Waals surface area contributed by atoms with Gasteiger partial charge in [0.1, 0.15) is 5.75 Å². The number of esters is 1. The molecule has 1 N–H and O–H groups in total. The number of hydrogen-bond acceptors (Lipinski definition) is 4. The fourth-order valence-corrected chi connectivity index (χ4v) is 3.92. The van der Waals surface area contributed by atoms with Crippen LogP contribution >= 0.6 is 11.6 Å². The average molecular weight is 409 g/mol. The van der Waals surface area contributed by atoms with Crippen molar-refractivity contribution in [3.05, 3.63) is 88.4 Å². The molecule has 0 saturated carbocycles. The van der Waals surface area contributed by atoms with E-state index in [0.717, 1.165) is 17.5 Å². The van der Waals surface area contributed by atoms with Crippen LogP contribution in [-0.4, -0.2) is 24.8 Å². The van der Waals surface area contributed by atoms with E-state index in [2.05, 4.69) is 12.1 Å². The first-order valence-electron chi connectivity index (χ1n) is 9.44. The van der Waals surface area contributed by atoms with E-state index in [1.165, 1.54) is 12.7 Å². The lowest BCUT2D eigenvalue weighted by Crippen LogP contribution is -2.27. The smallest absolute Gasteiger partial charge is 0.338 e. The first kappa shape index (κ1) is 19.5. The molecule has 0 aromatic heterocycles. The number of carbonyl (C=O) groups excluding carboxylic acids is 1. The van der Waals surface area contributed by atoms with E-state index in [1.54, 1.807) is 18.2 Å². The van der Waals surface area contributed by atoms with Crippen molar-refractivity contribution in [2.75, 3.05) is 13.7 Å². The van der Waals surface area contributed by atoms with E-state index >= 15 is 0 Å². The van der Waals surface area contributed by atoms with Crippen LogP contribution in [-0.2, 0) is 11.2 Å². The van der Waals surface area contributed by atoms with Crippen molar-refractivity contribution in [3.63, 3.8) is 0 Å². The molecule has 0 bridgehead atoms. The number of benzene rings is 3. The van der Waals surface area contributed by atoms with Crippen LogP contribution in [0.2, 0.25) is 5.02 Å². The van der Waals surface area contributed by atoms with E-state index in [-0.39, 0.29) is 5.92 Å². The van der Waals surface area contributed by atoms with Gasteiger partial charge in [-0.3, -0.25) is 0 Å². The molecular weight excluding hydrogens is 388 g/mol. The first-order valence-corrected chi connectivity index (χ1v) is 9.81. The Morgan fingerprint density at radius 1 is 1.14 bits per heavy atom. The van der Waals surface area contributed by atoms with Crippen molar-refractivity contribution in [2.45, 2.75) is 12.5 Å². The zero-order valence-electron chi connectivity index (χ0n) is 16.0. The zero-order chi connectivity index (χ0) is 20.4. The Hall–Kier alpha value is -2.82. The van der Waals surface area contributed by atoms with Gasteiger partial charge in [-0.15, -0.1) is 0 Å². The summed E-state index contributed by atoms with van der Waals surface area (Å²) in [6.07, 6.45) is 0.122. The molecule has 0 saturated heterocycles. The molecule has 3 aromatic rings. The lowest BCUT2D eigenvalue weighted by atomic mass is 9.87. The summed E-state index contributed by atoms with van der Waals surface area (Å²) in [6, 6.07) is 20.7. The molecule has 1 aliphatic heterocycles. The van der Waals surface area contributed by atoms with Crippen molar-refractivity contribution in [3.8, 4) is 16.9 Å². The molecule has 29 heavy (non-hydrogen) atoms. The number of rotatable bonds is 4. The number of aliphatic hydroxyl groups is 1. The van der Waals surface area contributed by atoms with Gasteiger partial charge in [-0.2, -0.15) is 0 Å². The predicted octanol–water partition coefficient (Wildman–Crippen LogP) is 5.08. The van der Waals surface area contributed by atoms with Gasteiger partial charge < -0.3 is 14.6 Å². The highest BCUT2D eigenvalue weighted by Gasteiger charge is 2.30. The number of methoxy groups -OCH3 is 1. The van der Waals surface area contributed by atoms with E-state index in [0.29, 0.717) is 28.5 Å². The normalized spacial score (nSPS) is 17.9. The Labute approximate surface area is 174 Å². The Bertz CT molecular complexity index is 1030. The number of fused-ring (bicyclic) bond motifs is 1. The quantitative estimate of drug-likeness (QED) is 0.612. The topological polar surface area (TPSA) is 55.8 Å². The summed E-state index contributed by atoms with van der Waals surface area (Å²) in [5, 5.41) is 11.4. The second-order valence-electron chi connectivity index (χ2n) is 7.14. The lowest BCUT2D eigenvalue weighted by molar-refractivity contribution is 0.0508. The summed E-state index contributed by atoms with van der Waals surface area (Å²) in [4.78, 5) is 12.1. The van der Waals surface area contributed by atoms with Gasteiger partial charge in [0.05, 0.1) is 25.4 Å². The van der Waals surface area contributed by atoms with Crippen molar-refractivity contribution < 1.29 is 19.4 Å². The molecular formula is C24H21ClO4. The summed E-state index contributed by atoms with van der Waals surface area (Å²) in [6.45, 7) is 0.423. The third kappa shape index (κ3) is 4.00. The van der Waals surface area contributed by atoms with Crippen molar-refractivity contribution >= 4 is 17.6 Å². The summed E-state index contributed by atoms with van der Waals surface area (Å²) in [5.74, 6) is 0.168. The molecule has 148 valence electrons. The molecule has 1 aliphatic rings. The molecule has 0 amide bonds. The van der Waals surface area contributed by atoms with E-state index in [4.69, 9.17) is 21.1 Å². The number of halogens is 1. The molecule has 0 radical (unpaired) electrons. The van der Waals surface area contributed by atoms with Crippen molar-refractivity contribution in [1.29, 1.82) is 0 Å². The van der Waals surface area contributed by atoms with Crippen LogP contribution in [0, 0.1) is 5.92 Å². The number of ether oxygens (including phenoxy) is 2. The van der Waals surface area contributed by atoms with Gasteiger partial charge in [0.25, 0.3) is 0 Å². The van der Waals surface area contributed by atoms with Gasteiger partial charge in [-0.1, -0.05) is 54.1 Å². The van der Waals surface area contributed by atoms with Gasteiger partial charge in [0.2, 0.25) is 0 Å². The summed E-state index contributed by atoms with van der Waals surface area (Å²) >= 11 is 6.15. The Balaban J connectivity index is 1.64. The minimum atomic E-state index is -0.618. The molecule has 2 atom stereocenters. The van der Waals surface area contributed by atoms with Crippen LogP contribution in [0.25, 0.3) is 11.1 Å². The van der Waals surface area contributed by atoms with Crippen LogP contribution in [0.5, 0.6) is 5.75 Å². The SMILES string of the molecule is COC(=O)c1ccc(Cl)cc1-c1ccc2c(c1)OC[C@H](Cc1ccccc1)[C@H]2O. The first-order chi connectivity index (χ1) is 14.1. The number of carbonyl (C=O) groups is 1. The fraction of sp³-hybridized carbons (Fsp3) is 0.208. The zero-order valence-corrected chi connectivity index (χ0v) is 16.7. The van der Waals surface area contributed by atoms with Gasteiger partial charge in [-0.25, -0.2) is 4.79 Å². The standard InChI is InChI=1S/C24H21ClO4/c1-28-24(27)19-10-8-18(25)13-21(19)16-7-9-20-22(12-16)29-14-17(23(20)26)11-15-5-3-2-4-6-15/h2-10,12-13,17,23,26H,11,14H2,1H3/t17-,23+/m0/s1. The molecule has 4 rings (SSSR count). The van der Waals surface area contributed by atoms with Crippen LogP contribution < -0.4 is 4.74 Å². The van der Waals surface area contributed by atoms with Gasteiger partial charge in [0, 0.05) is 16.5 Å². The van der Waals surface area contributed by atoms with Crippen LogP contribution in [0.1, 0.15) is 27.6 Å². The van der Waals surface area contributed by atoms with Gasteiger partial charge in [-0.05, 0) is 47.4 Å². The number of hydrogen-bond donors (Lipinski definition) is 1. The highest BCUT2D eigenvalue weighted by Crippen LogP contribution is 2.40. The van der Waals surface area contributed by atoms with Crippen LogP contribution in [0.3, 0.4) is 0 Å². The van der Waals surface area contributed by atoms with Gasteiger partial charge >= 0.3 is 5.97 Å². The maximum Gasteiger partial charge on any atom is 0.338 e. The second kappa shape index (κ2) is 8.27. The molecule has 0 fully saturated rings. The fourth-order valence-electron chi connectivity index (χ4n) is 3.74. The summed E-state index contributed by atoms with van der Waals surface area (Å²) in [7, 11) is 1.35. The van der Waals surface area contributed by atoms with Crippen LogP contribution in [0.4, 0.5) is 0 Å². The lowest BCUT2D eigenvalue weighted by Gasteiger charge is -2.31. The molecule has 0 spiro atoms. The Morgan fingerprint density at radius 2 is 1.93 bits per heavy atom. The maximum absolute atomic E-state index is 12.1. The third-order valence-corrected chi connectivity index (χ3v) is 5.51. The van der Waals surface area contributed by atoms with E-state index in [9.17, 15) is 9.90 Å². The highest BCUT2D eigenvalue weighted by molar-refractivity contribution is 6.31. The maximum atomic E-state index is 12.1. The van der Waals surface area contributed by atoms with Crippen molar-refractivity contribution in [1.82, 2.24) is 0 Å². The molecule has 3 aromatic carbocycles. The molecule has 5 heteroatoms. The van der Waals surface area contributed by atoms with E-state index in [1.807, 2.05) is 36.4 Å². The molecule has 0 unspecified atom stereocenters. The molecule has 4 nitrogen and oxygen atoms in total. The average Bonchev–Trinajstić information content (AvgIpc) is 2.75. The third-order valence-electron chi connectivity index (χ3n) is 5.27. The monoisotopic (exact) mass is 408 g/mol. The Morgan fingerprint density at radius 3 is 2.69 bits per heavy atom. The predicted molar refractivity (Wildman–Crippen MR) is 112 cm³/mol. The highest BCUT2D eigenvalue weighted by atomic mass is 35.5. The Kier molecular flexibility index (Phi) is 5.56. The van der Waals surface area contributed by atoms with Crippen LogP contribution in [0.15, 0.2) is 66.7 Å². The van der Waals surface area contributed by atoms with E-state index < -0.39 is 12.1 Å². The summed E-state index contributed by atoms with van der Waals surface area (Å²) in [5.41, 5.74) is 3.79. The minimum Gasteiger partial charge on any atom is -0.493 e. The number of aliphatic hydroxyl groups excluding tert-OH is 1. The minimum absolute atomic E-state index is 0.0208. The summed E-state index contributed by atoms with van der Waals surface area (Å²) < 4.78 is 10.9. The molecule has 0 aliphatic carbocycles.